The van der Waals surface area contributed by atoms with Crippen LogP contribution in [0.15, 0.2) is 66.7 Å². The molecular weight excluding hydrogens is 297 g/mol. The van der Waals surface area contributed by atoms with Crippen LogP contribution in [0.1, 0.15) is 22.3 Å². The molecule has 2 heteroatoms. The van der Waals surface area contributed by atoms with Crippen molar-refractivity contribution in [3.63, 3.8) is 0 Å². The molecule has 0 unspecified atom stereocenters. The lowest BCUT2D eigenvalue weighted by molar-refractivity contribution is 0.625. The number of rotatable bonds is 1. The van der Waals surface area contributed by atoms with Crippen LogP contribution in [0.4, 0.5) is 4.39 Å². The van der Waals surface area contributed by atoms with Gasteiger partial charge in [-0.15, -0.1) is 0 Å². The molecule has 0 radical (unpaired) electrons. The third-order valence-electron chi connectivity index (χ3n) is 3.71. The summed E-state index contributed by atoms with van der Waals surface area (Å²) in [6.07, 6.45) is 0. The van der Waals surface area contributed by atoms with Crippen molar-refractivity contribution in [2.24, 2.45) is 0 Å². The first kappa shape index (κ1) is 15.5. The second kappa shape index (κ2) is 6.82. The summed E-state index contributed by atoms with van der Waals surface area (Å²) < 4.78 is 14.3. The summed E-state index contributed by atoms with van der Waals surface area (Å²) in [4.78, 5) is 0. The van der Waals surface area contributed by atoms with Crippen LogP contribution in [-0.2, 0) is 0 Å². The summed E-state index contributed by atoms with van der Waals surface area (Å²) in [5.41, 5.74) is 4.66. The fourth-order valence-corrected chi connectivity index (χ4v) is 2.31. The Labute approximate surface area is 141 Å². The number of aryl methyl sites for hydroxylation is 1. The van der Waals surface area contributed by atoms with Crippen molar-refractivity contribution in [3.8, 4) is 29.0 Å². The highest BCUT2D eigenvalue weighted by molar-refractivity contribution is 5.65. The molecule has 0 saturated carbocycles. The Morgan fingerprint density at radius 2 is 1.38 bits per heavy atom. The quantitative estimate of drug-likeness (QED) is 0.575. The summed E-state index contributed by atoms with van der Waals surface area (Å²) >= 11 is 0. The van der Waals surface area contributed by atoms with Gasteiger partial charge in [0, 0.05) is 5.56 Å². The number of halogens is 1. The summed E-state index contributed by atoms with van der Waals surface area (Å²) in [5.74, 6) is 5.43. The van der Waals surface area contributed by atoms with Crippen molar-refractivity contribution in [2.75, 3.05) is 0 Å². The minimum absolute atomic E-state index is 0.339. The van der Waals surface area contributed by atoms with Gasteiger partial charge in [0.2, 0.25) is 0 Å². The molecule has 0 heterocycles. The van der Waals surface area contributed by atoms with Crippen molar-refractivity contribution >= 4 is 0 Å². The lowest BCUT2D eigenvalue weighted by Gasteiger charge is -2.03. The van der Waals surface area contributed by atoms with E-state index in [1.165, 1.54) is 11.6 Å². The van der Waals surface area contributed by atoms with E-state index in [4.69, 9.17) is 5.26 Å². The Hall–Kier alpha value is -3.36. The molecule has 1 nitrogen and oxygen atoms in total. The molecule has 0 bridgehead atoms. The van der Waals surface area contributed by atoms with E-state index in [1.54, 1.807) is 30.3 Å². The number of hydrogen-bond acceptors (Lipinski definition) is 1. The molecular formula is C22H14FN. The van der Waals surface area contributed by atoms with Crippen LogP contribution in [-0.4, -0.2) is 0 Å². The normalized spacial score (nSPS) is 9.71. The second-order valence-electron chi connectivity index (χ2n) is 5.50. The van der Waals surface area contributed by atoms with Crippen LogP contribution in [0.2, 0.25) is 0 Å². The molecule has 3 aromatic carbocycles. The van der Waals surface area contributed by atoms with E-state index in [1.807, 2.05) is 37.3 Å². The van der Waals surface area contributed by atoms with E-state index in [0.717, 1.165) is 16.7 Å². The lowest BCUT2D eigenvalue weighted by atomic mass is 10.0. The number of hydrogen-bond donors (Lipinski definition) is 0. The smallest absolute Gasteiger partial charge is 0.139 e. The molecule has 0 N–H and O–H groups in total. The van der Waals surface area contributed by atoms with E-state index >= 15 is 0 Å². The maximum Gasteiger partial charge on any atom is 0.139 e. The minimum Gasteiger partial charge on any atom is -0.206 e. The van der Waals surface area contributed by atoms with Gasteiger partial charge in [-0.2, -0.15) is 5.26 Å². The Morgan fingerprint density at radius 1 is 0.750 bits per heavy atom. The Bertz CT molecular complexity index is 966. The molecule has 0 aliphatic rings. The Kier molecular flexibility index (Phi) is 4.41. The van der Waals surface area contributed by atoms with E-state index in [2.05, 4.69) is 17.9 Å². The predicted octanol–water partition coefficient (Wildman–Crippen LogP) is 5.07. The maximum atomic E-state index is 14.3. The fourth-order valence-electron chi connectivity index (χ4n) is 2.31. The SMILES string of the molecule is Cc1ccc(-c2ccc(C#Cc3ccc(C#N)cc3)c(F)c2)cc1. The van der Waals surface area contributed by atoms with Gasteiger partial charge >= 0.3 is 0 Å². The van der Waals surface area contributed by atoms with Crippen LogP contribution >= 0.6 is 0 Å². The average Bonchev–Trinajstić information content (AvgIpc) is 2.62. The third-order valence-corrected chi connectivity index (χ3v) is 3.71. The maximum absolute atomic E-state index is 14.3. The number of benzene rings is 3. The zero-order chi connectivity index (χ0) is 16.9. The highest BCUT2D eigenvalue weighted by atomic mass is 19.1. The van der Waals surface area contributed by atoms with E-state index in [9.17, 15) is 4.39 Å². The first-order chi connectivity index (χ1) is 11.7. The van der Waals surface area contributed by atoms with Gasteiger partial charge in [-0.05, 0) is 54.4 Å². The largest absolute Gasteiger partial charge is 0.206 e. The second-order valence-corrected chi connectivity index (χ2v) is 5.50. The molecule has 3 aromatic rings. The zero-order valence-electron chi connectivity index (χ0n) is 13.2. The highest BCUT2D eigenvalue weighted by Crippen LogP contribution is 2.22. The van der Waals surface area contributed by atoms with Gasteiger partial charge in [0.05, 0.1) is 17.2 Å². The van der Waals surface area contributed by atoms with E-state index in [0.29, 0.717) is 11.1 Å². The fraction of sp³-hybridized carbons (Fsp3) is 0.0455. The van der Waals surface area contributed by atoms with Gasteiger partial charge in [-0.3, -0.25) is 0 Å². The summed E-state index contributed by atoms with van der Waals surface area (Å²) in [6.45, 7) is 2.02. The standard InChI is InChI=1S/C22H14FN/c1-16-2-9-19(10-3-16)21-13-12-20(22(23)14-21)11-8-17-4-6-18(15-24)7-5-17/h2-7,9-10,12-14H,1H3. The molecule has 0 fully saturated rings. The number of nitriles is 1. The Morgan fingerprint density at radius 3 is 2.00 bits per heavy atom. The van der Waals surface area contributed by atoms with Crippen molar-refractivity contribution in [3.05, 3.63) is 94.8 Å². The van der Waals surface area contributed by atoms with Gasteiger partial charge in [0.25, 0.3) is 0 Å². The van der Waals surface area contributed by atoms with Gasteiger partial charge < -0.3 is 0 Å². The summed E-state index contributed by atoms with van der Waals surface area (Å²) in [5, 5.41) is 8.77. The average molecular weight is 311 g/mol. The van der Waals surface area contributed by atoms with E-state index in [-0.39, 0.29) is 5.82 Å². The molecule has 0 atom stereocenters. The van der Waals surface area contributed by atoms with Crippen LogP contribution in [0, 0.1) is 35.9 Å². The molecule has 0 aliphatic heterocycles. The molecule has 24 heavy (non-hydrogen) atoms. The predicted molar refractivity (Wildman–Crippen MR) is 93.7 cm³/mol. The van der Waals surface area contributed by atoms with Crippen LogP contribution < -0.4 is 0 Å². The molecule has 0 aromatic heterocycles. The lowest BCUT2D eigenvalue weighted by Crippen LogP contribution is -1.86. The summed E-state index contributed by atoms with van der Waals surface area (Å²) in [7, 11) is 0. The number of nitrogens with zero attached hydrogens (tertiary/aromatic N) is 1. The van der Waals surface area contributed by atoms with Gasteiger partial charge in [0.15, 0.2) is 0 Å². The first-order valence-electron chi connectivity index (χ1n) is 7.54. The Balaban J connectivity index is 1.86. The molecule has 0 saturated heterocycles. The molecule has 0 amide bonds. The highest BCUT2D eigenvalue weighted by Gasteiger charge is 2.03. The van der Waals surface area contributed by atoms with Crippen molar-refractivity contribution in [1.29, 1.82) is 5.26 Å². The monoisotopic (exact) mass is 311 g/mol. The van der Waals surface area contributed by atoms with Crippen molar-refractivity contribution < 1.29 is 4.39 Å². The van der Waals surface area contributed by atoms with Gasteiger partial charge in [-0.1, -0.05) is 47.7 Å². The van der Waals surface area contributed by atoms with Gasteiger partial charge in [0.1, 0.15) is 5.82 Å². The van der Waals surface area contributed by atoms with Crippen molar-refractivity contribution in [1.82, 2.24) is 0 Å². The van der Waals surface area contributed by atoms with E-state index < -0.39 is 0 Å². The van der Waals surface area contributed by atoms with Crippen molar-refractivity contribution in [2.45, 2.75) is 6.92 Å². The molecule has 0 aliphatic carbocycles. The molecule has 0 spiro atoms. The first-order valence-corrected chi connectivity index (χ1v) is 7.54. The van der Waals surface area contributed by atoms with Crippen LogP contribution in [0.3, 0.4) is 0 Å². The minimum atomic E-state index is -0.339. The molecule has 114 valence electrons. The van der Waals surface area contributed by atoms with Crippen LogP contribution in [0.5, 0.6) is 0 Å². The van der Waals surface area contributed by atoms with Gasteiger partial charge in [-0.25, -0.2) is 4.39 Å². The topological polar surface area (TPSA) is 23.8 Å². The third kappa shape index (κ3) is 3.51. The summed E-state index contributed by atoms with van der Waals surface area (Å²) in [6, 6.07) is 22.0. The van der Waals surface area contributed by atoms with Crippen LogP contribution in [0.25, 0.3) is 11.1 Å². The molecule has 3 rings (SSSR count). The zero-order valence-corrected chi connectivity index (χ0v) is 13.2.